The predicted molar refractivity (Wildman–Crippen MR) is 130 cm³/mol. The van der Waals surface area contributed by atoms with E-state index in [0.717, 1.165) is 43.0 Å². The van der Waals surface area contributed by atoms with E-state index >= 15 is 0 Å². The number of hydrogen-bond acceptors (Lipinski definition) is 7. The minimum Gasteiger partial charge on any atom is -0.369 e. The van der Waals surface area contributed by atoms with Crippen LogP contribution in [0.5, 0.6) is 0 Å². The number of benzene rings is 2. The summed E-state index contributed by atoms with van der Waals surface area (Å²) in [7, 11) is -1.33. The first kappa shape index (κ1) is 23.9. The first-order valence-corrected chi connectivity index (χ1v) is 13.2. The summed E-state index contributed by atoms with van der Waals surface area (Å²) in [6, 6.07) is 12.4. The van der Waals surface area contributed by atoms with Gasteiger partial charge in [-0.25, -0.2) is 8.42 Å². The molecule has 0 bridgehead atoms. The lowest BCUT2D eigenvalue weighted by Gasteiger charge is -2.34. The van der Waals surface area contributed by atoms with Crippen molar-refractivity contribution in [3.8, 4) is 0 Å². The number of carbonyl (C=O) groups excluding carboxylic acids is 3. The average Bonchev–Trinajstić information content (AvgIpc) is 3.05. The van der Waals surface area contributed by atoms with E-state index < -0.39 is 33.6 Å². The highest BCUT2D eigenvalue weighted by Crippen LogP contribution is 2.27. The van der Waals surface area contributed by atoms with Crippen molar-refractivity contribution >= 4 is 38.9 Å². The first-order chi connectivity index (χ1) is 16.1. The molecule has 0 spiro atoms. The van der Waals surface area contributed by atoms with Crippen molar-refractivity contribution in [3.05, 3.63) is 59.7 Å². The van der Waals surface area contributed by atoms with Crippen molar-refractivity contribution in [2.24, 2.45) is 0 Å². The number of carbonyl (C=O) groups is 3. The normalized spacial score (nSPS) is 17.6. The summed E-state index contributed by atoms with van der Waals surface area (Å²) < 4.78 is 23.6. The monoisotopic (exact) mass is 484 g/mol. The maximum absolute atomic E-state index is 13.2. The average molecular weight is 485 g/mol. The van der Waals surface area contributed by atoms with Crippen LogP contribution in [0.4, 0.5) is 11.4 Å². The number of nitrogens with zero attached hydrogens (tertiary/aromatic N) is 3. The fraction of sp³-hybridized carbons (Fsp3) is 0.375. The Morgan fingerprint density at radius 2 is 1.50 bits per heavy atom. The zero-order valence-corrected chi connectivity index (χ0v) is 20.0. The van der Waals surface area contributed by atoms with Gasteiger partial charge in [0.05, 0.1) is 16.9 Å². The summed E-state index contributed by atoms with van der Waals surface area (Å²) in [6.07, 6.45) is 0.872. The summed E-state index contributed by atoms with van der Waals surface area (Å²) in [6.45, 7) is 3.77. The molecule has 0 aliphatic carbocycles. The molecule has 1 N–H and O–H groups in total. The summed E-state index contributed by atoms with van der Waals surface area (Å²) in [5.41, 5.74) is 1.96. The molecule has 4 rings (SSSR count). The van der Waals surface area contributed by atoms with E-state index in [0.29, 0.717) is 5.69 Å². The van der Waals surface area contributed by atoms with Gasteiger partial charge in [0.25, 0.3) is 11.8 Å². The van der Waals surface area contributed by atoms with E-state index in [1.165, 1.54) is 12.1 Å². The zero-order chi connectivity index (χ0) is 24.5. The van der Waals surface area contributed by atoms with Crippen LogP contribution in [0.25, 0.3) is 0 Å². The number of amides is 3. The number of fused-ring (bicyclic) bond motifs is 1. The molecule has 9 nitrogen and oxygen atoms in total. The van der Waals surface area contributed by atoms with Crippen molar-refractivity contribution in [2.45, 2.75) is 12.5 Å². The van der Waals surface area contributed by atoms with Crippen molar-refractivity contribution in [1.29, 1.82) is 0 Å². The predicted octanol–water partition coefficient (Wildman–Crippen LogP) is 1.48. The highest BCUT2D eigenvalue weighted by Gasteiger charge is 2.42. The Morgan fingerprint density at radius 3 is 2.03 bits per heavy atom. The molecule has 34 heavy (non-hydrogen) atoms. The molecule has 0 radical (unpaired) electrons. The van der Waals surface area contributed by atoms with Gasteiger partial charge in [0.2, 0.25) is 5.91 Å². The molecule has 2 aliphatic rings. The van der Waals surface area contributed by atoms with Crippen molar-refractivity contribution in [1.82, 2.24) is 9.80 Å². The van der Waals surface area contributed by atoms with Gasteiger partial charge in [-0.15, -0.1) is 0 Å². The molecule has 180 valence electrons. The molecular weight excluding hydrogens is 456 g/mol. The Labute approximate surface area is 199 Å². The molecule has 2 aromatic carbocycles. The molecule has 1 saturated heterocycles. The van der Waals surface area contributed by atoms with Crippen LogP contribution in [0.3, 0.4) is 0 Å². The van der Waals surface area contributed by atoms with Gasteiger partial charge >= 0.3 is 0 Å². The molecular formula is C24H28N4O5S. The second-order valence-electron chi connectivity index (χ2n) is 8.79. The number of likely N-dealkylation sites (N-methyl/N-ethyl adjacent to an activating group) is 1. The van der Waals surface area contributed by atoms with E-state index in [2.05, 4.69) is 22.2 Å². The maximum atomic E-state index is 13.2. The third kappa shape index (κ3) is 5.13. The quantitative estimate of drug-likeness (QED) is 0.593. The van der Waals surface area contributed by atoms with Crippen molar-refractivity contribution in [3.63, 3.8) is 0 Å². The van der Waals surface area contributed by atoms with Crippen LogP contribution in [0.15, 0.2) is 48.5 Å². The van der Waals surface area contributed by atoms with Crippen LogP contribution in [0.2, 0.25) is 0 Å². The molecule has 0 aromatic heterocycles. The van der Waals surface area contributed by atoms with Gasteiger partial charge in [0.1, 0.15) is 15.9 Å². The number of imide groups is 1. The Bertz CT molecular complexity index is 1170. The van der Waals surface area contributed by atoms with E-state index in [4.69, 9.17) is 0 Å². The van der Waals surface area contributed by atoms with E-state index in [1.54, 1.807) is 24.3 Å². The van der Waals surface area contributed by atoms with Gasteiger partial charge < -0.3 is 15.1 Å². The number of nitrogens with one attached hydrogen (secondary N) is 1. The van der Waals surface area contributed by atoms with Crippen LogP contribution in [0.1, 0.15) is 27.1 Å². The second-order valence-corrected chi connectivity index (χ2v) is 11.0. The number of rotatable bonds is 7. The minimum absolute atomic E-state index is 0.185. The standard InChI is InChI=1S/C24H28N4O5S/c1-26-12-14-27(15-13-26)18-9-7-17(8-10-18)25-22(29)21(11-16-34(2,32)33)28-23(30)19-5-3-4-6-20(19)24(28)31/h3-10,21H,11-16H2,1-2H3,(H,25,29)/t21-/m0/s1. The van der Waals surface area contributed by atoms with Gasteiger partial charge in [-0.05, 0) is 49.9 Å². The number of anilines is 2. The Morgan fingerprint density at radius 1 is 0.941 bits per heavy atom. The third-order valence-electron chi connectivity index (χ3n) is 6.21. The second kappa shape index (κ2) is 9.55. The third-order valence-corrected chi connectivity index (χ3v) is 7.18. The minimum atomic E-state index is -3.42. The summed E-state index contributed by atoms with van der Waals surface area (Å²) >= 11 is 0. The Balaban J connectivity index is 1.52. The van der Waals surface area contributed by atoms with Gasteiger partial charge in [-0.3, -0.25) is 19.3 Å². The molecule has 0 saturated carbocycles. The van der Waals surface area contributed by atoms with Crippen LogP contribution < -0.4 is 10.2 Å². The Kier molecular flexibility index (Phi) is 6.72. The van der Waals surface area contributed by atoms with Crippen LogP contribution in [0, 0.1) is 0 Å². The zero-order valence-electron chi connectivity index (χ0n) is 19.2. The van der Waals surface area contributed by atoms with Crippen LogP contribution in [-0.4, -0.2) is 87.2 Å². The molecule has 3 amide bonds. The van der Waals surface area contributed by atoms with Crippen LogP contribution in [-0.2, 0) is 14.6 Å². The Hall–Kier alpha value is -3.24. The SMILES string of the molecule is CN1CCN(c2ccc(NC(=O)[C@H](CCS(C)(=O)=O)N3C(=O)c4ccccc4C3=O)cc2)CC1. The topological polar surface area (TPSA) is 107 Å². The molecule has 2 aliphatic heterocycles. The number of piperazine rings is 1. The number of hydrogen-bond donors (Lipinski definition) is 1. The largest absolute Gasteiger partial charge is 0.369 e. The van der Waals surface area contributed by atoms with E-state index in [1.807, 2.05) is 12.1 Å². The first-order valence-electron chi connectivity index (χ1n) is 11.1. The van der Waals surface area contributed by atoms with Gasteiger partial charge in [-0.1, -0.05) is 12.1 Å². The van der Waals surface area contributed by atoms with E-state index in [-0.39, 0.29) is 23.3 Å². The fourth-order valence-electron chi connectivity index (χ4n) is 4.24. The lowest BCUT2D eigenvalue weighted by molar-refractivity contribution is -0.120. The van der Waals surface area contributed by atoms with Crippen LogP contribution >= 0.6 is 0 Å². The van der Waals surface area contributed by atoms with E-state index in [9.17, 15) is 22.8 Å². The van der Waals surface area contributed by atoms with Gasteiger partial charge in [0.15, 0.2) is 0 Å². The molecule has 2 aromatic rings. The number of sulfone groups is 1. The highest BCUT2D eigenvalue weighted by atomic mass is 32.2. The smallest absolute Gasteiger partial charge is 0.262 e. The lowest BCUT2D eigenvalue weighted by atomic mass is 10.1. The fourth-order valence-corrected chi connectivity index (χ4v) is 4.89. The maximum Gasteiger partial charge on any atom is 0.262 e. The molecule has 1 atom stereocenters. The van der Waals surface area contributed by atoms with Crippen molar-refractivity contribution < 1.29 is 22.8 Å². The van der Waals surface area contributed by atoms with Gasteiger partial charge in [0, 0.05) is 43.8 Å². The highest BCUT2D eigenvalue weighted by molar-refractivity contribution is 7.90. The molecule has 10 heteroatoms. The van der Waals surface area contributed by atoms with Gasteiger partial charge in [-0.2, -0.15) is 0 Å². The summed E-state index contributed by atoms with van der Waals surface area (Å²) in [5.74, 6) is -2.13. The summed E-state index contributed by atoms with van der Waals surface area (Å²) in [4.78, 5) is 44.5. The van der Waals surface area contributed by atoms with Crippen molar-refractivity contribution in [2.75, 3.05) is 55.5 Å². The summed E-state index contributed by atoms with van der Waals surface area (Å²) in [5, 5.41) is 2.75. The molecule has 1 fully saturated rings. The molecule has 0 unspecified atom stereocenters. The molecule has 2 heterocycles. The lowest BCUT2D eigenvalue weighted by Crippen LogP contribution is -2.48.